The molecule has 3 aliphatic rings. The number of nitrogens with one attached hydrogen (secondary N) is 1. The zero-order valence-corrected chi connectivity index (χ0v) is 15.5. The van der Waals surface area contributed by atoms with Crippen molar-refractivity contribution in [3.05, 3.63) is 35.9 Å². The van der Waals surface area contributed by atoms with E-state index in [0.29, 0.717) is 5.56 Å². The van der Waals surface area contributed by atoms with E-state index in [4.69, 9.17) is 9.47 Å². The average molecular weight is 371 g/mol. The van der Waals surface area contributed by atoms with Crippen molar-refractivity contribution in [3.63, 3.8) is 0 Å². The Labute approximate surface area is 158 Å². The van der Waals surface area contributed by atoms with Crippen LogP contribution in [0.15, 0.2) is 30.3 Å². The maximum absolute atomic E-state index is 12.9. The molecular formula is C21H25NO5. The van der Waals surface area contributed by atoms with Gasteiger partial charge in [0.1, 0.15) is 5.54 Å². The predicted molar refractivity (Wildman–Crippen MR) is 96.7 cm³/mol. The summed E-state index contributed by atoms with van der Waals surface area (Å²) in [5, 5.41) is 2.84. The Balaban J connectivity index is 1.76. The number of ether oxygens (including phenoxy) is 2. The molecule has 1 saturated heterocycles. The van der Waals surface area contributed by atoms with Gasteiger partial charge < -0.3 is 14.8 Å². The lowest BCUT2D eigenvalue weighted by Gasteiger charge is -2.57. The summed E-state index contributed by atoms with van der Waals surface area (Å²) in [5.74, 6) is -2.09. The summed E-state index contributed by atoms with van der Waals surface area (Å²) < 4.78 is 11.6. The molecule has 27 heavy (non-hydrogen) atoms. The van der Waals surface area contributed by atoms with Gasteiger partial charge in [-0.1, -0.05) is 49.6 Å². The van der Waals surface area contributed by atoms with Crippen molar-refractivity contribution in [3.8, 4) is 0 Å². The molecule has 4 rings (SSSR count). The molecule has 0 aromatic heterocycles. The van der Waals surface area contributed by atoms with Crippen LogP contribution in [0.5, 0.6) is 0 Å². The summed E-state index contributed by atoms with van der Waals surface area (Å²) >= 11 is 0. The summed E-state index contributed by atoms with van der Waals surface area (Å²) in [4.78, 5) is 38.2. The monoisotopic (exact) mass is 371 g/mol. The fourth-order valence-electron chi connectivity index (χ4n) is 5.01. The topological polar surface area (TPSA) is 81.7 Å². The number of fused-ring (bicyclic) bond motifs is 1. The zero-order chi connectivity index (χ0) is 19.1. The highest BCUT2D eigenvalue weighted by atomic mass is 16.5. The summed E-state index contributed by atoms with van der Waals surface area (Å²) in [5.41, 5.74) is -2.02. The van der Waals surface area contributed by atoms with Crippen LogP contribution in [-0.4, -0.2) is 36.5 Å². The van der Waals surface area contributed by atoms with Gasteiger partial charge in [0.2, 0.25) is 5.78 Å². The number of Topliss-reactive ketones (excluding diaryl/α,β-unsaturated/α-hetero) is 1. The lowest BCUT2D eigenvalue weighted by atomic mass is 9.50. The summed E-state index contributed by atoms with van der Waals surface area (Å²) in [6.45, 7) is 1.85. The Kier molecular flexibility index (Phi) is 4.54. The van der Waals surface area contributed by atoms with Gasteiger partial charge in [-0.05, 0) is 25.3 Å². The van der Waals surface area contributed by atoms with E-state index in [2.05, 4.69) is 5.32 Å². The molecule has 6 heteroatoms. The average Bonchev–Trinajstić information content (AvgIpc) is 2.86. The van der Waals surface area contributed by atoms with Crippen LogP contribution < -0.4 is 5.32 Å². The molecule has 1 N–H and O–H groups in total. The molecule has 1 amide bonds. The van der Waals surface area contributed by atoms with Gasteiger partial charge in [0.05, 0.1) is 18.8 Å². The third-order valence-corrected chi connectivity index (χ3v) is 6.31. The Morgan fingerprint density at radius 3 is 2.52 bits per heavy atom. The smallest absolute Gasteiger partial charge is 0.323 e. The minimum absolute atomic E-state index is 0.0946. The van der Waals surface area contributed by atoms with Gasteiger partial charge in [-0.25, -0.2) is 0 Å². The van der Waals surface area contributed by atoms with E-state index in [1.165, 1.54) is 6.42 Å². The molecule has 3 fully saturated rings. The highest BCUT2D eigenvalue weighted by Gasteiger charge is 2.81. The molecule has 2 aliphatic carbocycles. The molecule has 1 aromatic carbocycles. The maximum Gasteiger partial charge on any atom is 0.323 e. The van der Waals surface area contributed by atoms with Crippen LogP contribution in [0.2, 0.25) is 0 Å². The van der Waals surface area contributed by atoms with Crippen LogP contribution in [-0.2, 0) is 29.4 Å². The van der Waals surface area contributed by atoms with Crippen LogP contribution in [0.1, 0.15) is 51.0 Å². The molecule has 1 aromatic rings. The van der Waals surface area contributed by atoms with Crippen molar-refractivity contribution < 1.29 is 23.9 Å². The Morgan fingerprint density at radius 2 is 1.85 bits per heavy atom. The van der Waals surface area contributed by atoms with E-state index in [1.807, 2.05) is 30.3 Å². The van der Waals surface area contributed by atoms with E-state index in [-0.39, 0.29) is 19.1 Å². The van der Waals surface area contributed by atoms with Crippen LogP contribution in [0, 0.1) is 5.41 Å². The molecule has 0 radical (unpaired) electrons. The van der Waals surface area contributed by atoms with Crippen molar-refractivity contribution >= 4 is 17.7 Å². The number of carbonyl (C=O) groups is 3. The number of benzene rings is 1. The number of amides is 1. The molecule has 2 saturated carbocycles. The second-order valence-electron chi connectivity index (χ2n) is 7.67. The van der Waals surface area contributed by atoms with E-state index < -0.39 is 34.7 Å². The molecule has 0 spiro atoms. The van der Waals surface area contributed by atoms with Gasteiger partial charge >= 0.3 is 5.97 Å². The first-order valence-electron chi connectivity index (χ1n) is 9.81. The Morgan fingerprint density at radius 1 is 1.15 bits per heavy atom. The number of rotatable bonds is 5. The largest absolute Gasteiger partial charge is 0.465 e. The van der Waals surface area contributed by atoms with Gasteiger partial charge in [0.25, 0.3) is 5.91 Å². The molecule has 144 valence electrons. The van der Waals surface area contributed by atoms with Gasteiger partial charge in [0, 0.05) is 6.42 Å². The first kappa shape index (κ1) is 18.2. The summed E-state index contributed by atoms with van der Waals surface area (Å²) in [7, 11) is 0. The van der Waals surface area contributed by atoms with Crippen LogP contribution in [0.25, 0.3) is 0 Å². The molecule has 1 heterocycles. The lowest BCUT2D eigenvalue weighted by molar-refractivity contribution is -0.209. The third kappa shape index (κ3) is 2.46. The minimum Gasteiger partial charge on any atom is -0.465 e. The van der Waals surface area contributed by atoms with Crippen molar-refractivity contribution in [1.29, 1.82) is 0 Å². The number of ketones is 1. The van der Waals surface area contributed by atoms with Gasteiger partial charge in [-0.2, -0.15) is 0 Å². The zero-order valence-electron chi connectivity index (χ0n) is 15.5. The molecule has 6 nitrogen and oxygen atoms in total. The number of hydrogen-bond donors (Lipinski definition) is 1. The van der Waals surface area contributed by atoms with Gasteiger partial charge in [0.15, 0.2) is 5.41 Å². The minimum atomic E-state index is -1.54. The fraction of sp³-hybridized carbons (Fsp3) is 0.571. The van der Waals surface area contributed by atoms with Crippen LogP contribution >= 0.6 is 0 Å². The summed E-state index contributed by atoms with van der Waals surface area (Å²) in [6.07, 6.45) is 5.21. The maximum atomic E-state index is 12.9. The lowest BCUT2D eigenvalue weighted by Crippen LogP contribution is -2.73. The molecule has 0 unspecified atom stereocenters. The van der Waals surface area contributed by atoms with E-state index in [9.17, 15) is 14.4 Å². The number of esters is 1. The highest BCUT2D eigenvalue weighted by molar-refractivity contribution is 6.45. The van der Waals surface area contributed by atoms with Crippen LogP contribution in [0.3, 0.4) is 0 Å². The second-order valence-corrected chi connectivity index (χ2v) is 7.67. The number of hydrogen-bond acceptors (Lipinski definition) is 5. The normalized spacial score (nSPS) is 33.1. The molecule has 3 atom stereocenters. The fourth-order valence-corrected chi connectivity index (χ4v) is 5.01. The number of carbonyl (C=O) groups excluding carboxylic acids is 3. The predicted octanol–water partition coefficient (Wildman–Crippen LogP) is 2.25. The first-order valence-corrected chi connectivity index (χ1v) is 9.81. The first-order chi connectivity index (χ1) is 13.1. The molecular weight excluding hydrogens is 346 g/mol. The molecule has 0 bridgehead atoms. The van der Waals surface area contributed by atoms with E-state index in [1.54, 1.807) is 6.92 Å². The Hall–Kier alpha value is -2.21. The SMILES string of the molecule is CCOC(=O)[C@]12C[C@@H](OC3CCCCC3)[C@@]1(c1ccccc1)NC(=O)C2=O. The van der Waals surface area contributed by atoms with E-state index in [0.717, 1.165) is 25.7 Å². The van der Waals surface area contributed by atoms with Gasteiger partial charge in [-0.3, -0.25) is 14.4 Å². The van der Waals surface area contributed by atoms with Crippen molar-refractivity contribution in [1.82, 2.24) is 5.32 Å². The van der Waals surface area contributed by atoms with Crippen LogP contribution in [0.4, 0.5) is 0 Å². The molecule has 1 aliphatic heterocycles. The third-order valence-electron chi connectivity index (χ3n) is 6.31. The second kappa shape index (κ2) is 6.75. The standard InChI is InChI=1S/C21H25NO5/c1-2-26-19(25)20-13-16(27-15-11-7-4-8-12-15)21(20,22-18(24)17(20)23)14-9-5-3-6-10-14/h3,5-6,9-10,15-16H,2,4,7-8,11-13H2,1H3,(H,22,24)/t16-,20-,21-/m1/s1. The van der Waals surface area contributed by atoms with Crippen molar-refractivity contribution in [2.45, 2.75) is 63.2 Å². The quantitative estimate of drug-likeness (QED) is 0.488. The van der Waals surface area contributed by atoms with Crippen molar-refractivity contribution in [2.24, 2.45) is 5.41 Å². The Bertz CT molecular complexity index is 757. The highest BCUT2D eigenvalue weighted by Crippen LogP contribution is 2.62. The summed E-state index contributed by atoms with van der Waals surface area (Å²) in [6, 6.07) is 9.21. The van der Waals surface area contributed by atoms with Gasteiger partial charge in [-0.15, -0.1) is 0 Å². The van der Waals surface area contributed by atoms with E-state index >= 15 is 0 Å². The van der Waals surface area contributed by atoms with Crippen molar-refractivity contribution in [2.75, 3.05) is 6.61 Å².